The van der Waals surface area contributed by atoms with Crippen LogP contribution in [0.15, 0.2) is 78.2 Å². The standard InChI is InChI=1S/C20H21N5O2S.C17H20N4O/c1-24-6-3-7-25(9-8-24)18-13-21-12-16(22-18)15-5-2-4-14(10-15)11-17-19(26)23-20(27)28-17;1-20-6-3-7-21(9-8-20)17-12-18-11-16(19-17)15-5-2-4-14(10-15)13-22/h2,4-5,10-13H,3,6-9H2,1H3,(H,23,26,27);2,4-5,10-13H,3,6-9H2,1H3/b17-11-;. The number of benzene rings is 2. The third-order valence-electron chi connectivity index (χ3n) is 8.77. The van der Waals surface area contributed by atoms with Crippen LogP contribution in [0.4, 0.5) is 16.4 Å². The van der Waals surface area contributed by atoms with E-state index in [4.69, 9.17) is 9.97 Å². The fourth-order valence-electron chi connectivity index (χ4n) is 5.98. The predicted octanol–water partition coefficient (Wildman–Crippen LogP) is 4.71. The molecule has 1 N–H and O–H groups in total. The Labute approximate surface area is 296 Å². The topological polar surface area (TPSA) is 128 Å². The first-order chi connectivity index (χ1) is 24.3. The van der Waals surface area contributed by atoms with E-state index in [-0.39, 0.29) is 11.1 Å². The summed E-state index contributed by atoms with van der Waals surface area (Å²) in [5.74, 6) is 1.44. The van der Waals surface area contributed by atoms with Crippen molar-refractivity contribution in [3.05, 3.63) is 89.4 Å². The number of nitrogens with zero attached hydrogens (tertiary/aromatic N) is 8. The van der Waals surface area contributed by atoms with Crippen molar-refractivity contribution >= 4 is 46.9 Å². The number of carbonyl (C=O) groups is 3. The van der Waals surface area contributed by atoms with E-state index in [0.717, 1.165) is 123 Å². The van der Waals surface area contributed by atoms with Gasteiger partial charge in [-0.2, -0.15) is 0 Å². The van der Waals surface area contributed by atoms with E-state index in [1.165, 1.54) is 0 Å². The minimum Gasteiger partial charge on any atom is -0.354 e. The van der Waals surface area contributed by atoms with Gasteiger partial charge in [-0.3, -0.25) is 29.7 Å². The summed E-state index contributed by atoms with van der Waals surface area (Å²) in [6.07, 6.45) is 11.9. The van der Waals surface area contributed by atoms with Gasteiger partial charge in [-0.25, -0.2) is 9.97 Å². The molecule has 2 aromatic heterocycles. The van der Waals surface area contributed by atoms with E-state index in [0.29, 0.717) is 10.5 Å². The Morgan fingerprint density at radius 2 is 1.22 bits per heavy atom. The lowest BCUT2D eigenvalue weighted by Gasteiger charge is -2.21. The number of aldehydes is 1. The van der Waals surface area contributed by atoms with Gasteiger partial charge in [-0.1, -0.05) is 36.4 Å². The van der Waals surface area contributed by atoms with Crippen LogP contribution < -0.4 is 15.1 Å². The summed E-state index contributed by atoms with van der Waals surface area (Å²) in [5.41, 5.74) is 4.93. The molecule has 12 nitrogen and oxygen atoms in total. The second-order valence-electron chi connectivity index (χ2n) is 12.5. The largest absolute Gasteiger partial charge is 0.354 e. The maximum absolute atomic E-state index is 11.8. The van der Waals surface area contributed by atoms with E-state index in [9.17, 15) is 14.4 Å². The number of thioether (sulfide) groups is 1. The first-order valence-electron chi connectivity index (χ1n) is 16.8. The number of aromatic nitrogens is 4. The Morgan fingerprint density at radius 1 is 0.680 bits per heavy atom. The van der Waals surface area contributed by atoms with Crippen LogP contribution in [0.2, 0.25) is 0 Å². The molecule has 0 unspecified atom stereocenters. The molecule has 3 fully saturated rings. The maximum Gasteiger partial charge on any atom is 0.290 e. The van der Waals surface area contributed by atoms with E-state index < -0.39 is 0 Å². The van der Waals surface area contributed by atoms with Gasteiger partial charge in [0.2, 0.25) is 0 Å². The van der Waals surface area contributed by atoms with Crippen molar-refractivity contribution < 1.29 is 14.4 Å². The zero-order valence-corrected chi connectivity index (χ0v) is 29.2. The quantitative estimate of drug-likeness (QED) is 0.222. The van der Waals surface area contributed by atoms with Crippen LogP contribution in [0.1, 0.15) is 28.8 Å². The lowest BCUT2D eigenvalue weighted by atomic mass is 10.1. The number of imide groups is 1. The van der Waals surface area contributed by atoms with Crippen LogP contribution in [-0.2, 0) is 4.79 Å². The molecular weight excluding hydrogens is 651 g/mol. The number of hydrogen-bond donors (Lipinski definition) is 1. The average molecular weight is 692 g/mol. The summed E-state index contributed by atoms with van der Waals surface area (Å²) in [6.45, 7) is 8.11. The van der Waals surface area contributed by atoms with Crippen LogP contribution in [0, 0.1) is 0 Å². The highest BCUT2D eigenvalue weighted by Crippen LogP contribution is 2.28. The molecule has 2 amide bonds. The van der Waals surface area contributed by atoms with Crippen molar-refractivity contribution in [2.75, 3.05) is 76.3 Å². The lowest BCUT2D eigenvalue weighted by molar-refractivity contribution is -0.115. The number of amides is 2. The van der Waals surface area contributed by atoms with Gasteiger partial charge in [-0.15, -0.1) is 0 Å². The number of likely N-dealkylation sites (N-methyl/N-ethyl adjacent to an activating group) is 2. The minimum atomic E-state index is -0.353. The number of carbonyl (C=O) groups excluding carboxylic acids is 3. The van der Waals surface area contributed by atoms with Gasteiger partial charge < -0.3 is 19.6 Å². The number of nitrogens with one attached hydrogen (secondary N) is 1. The highest BCUT2D eigenvalue weighted by molar-refractivity contribution is 8.18. The Bertz CT molecular complexity index is 1870. The van der Waals surface area contributed by atoms with Gasteiger partial charge in [0.15, 0.2) is 0 Å². The molecular formula is C37H41N9O3S. The smallest absolute Gasteiger partial charge is 0.290 e. The summed E-state index contributed by atoms with van der Waals surface area (Å²) in [6, 6.07) is 15.2. The molecule has 0 saturated carbocycles. The Balaban J connectivity index is 0.000000178. The molecule has 0 aliphatic carbocycles. The third-order valence-corrected chi connectivity index (χ3v) is 9.58. The molecule has 5 heterocycles. The molecule has 3 saturated heterocycles. The minimum absolute atomic E-state index is 0.339. The molecule has 258 valence electrons. The van der Waals surface area contributed by atoms with Crippen LogP contribution in [0.5, 0.6) is 0 Å². The van der Waals surface area contributed by atoms with Gasteiger partial charge in [0, 0.05) is 56.0 Å². The Hall–Kier alpha value is -4.98. The monoisotopic (exact) mass is 691 g/mol. The molecule has 2 aromatic carbocycles. The van der Waals surface area contributed by atoms with Crippen molar-refractivity contribution in [1.29, 1.82) is 0 Å². The summed E-state index contributed by atoms with van der Waals surface area (Å²) in [4.78, 5) is 61.9. The molecule has 0 spiro atoms. The Morgan fingerprint density at radius 3 is 1.74 bits per heavy atom. The van der Waals surface area contributed by atoms with Gasteiger partial charge in [-0.05, 0) is 75.6 Å². The molecule has 0 radical (unpaired) electrons. The molecule has 13 heteroatoms. The summed E-state index contributed by atoms with van der Waals surface area (Å²) in [5, 5.41) is 1.93. The molecule has 7 rings (SSSR count). The first kappa shape index (κ1) is 34.9. The normalized spacial score (nSPS) is 18.2. The van der Waals surface area contributed by atoms with Gasteiger partial charge >= 0.3 is 0 Å². The zero-order chi connectivity index (χ0) is 34.9. The fourth-order valence-corrected chi connectivity index (χ4v) is 6.66. The van der Waals surface area contributed by atoms with Crippen LogP contribution in [0.3, 0.4) is 0 Å². The summed E-state index contributed by atoms with van der Waals surface area (Å²) in [7, 11) is 4.29. The second kappa shape index (κ2) is 16.6. The number of hydrogen-bond acceptors (Lipinski definition) is 12. The maximum atomic E-state index is 11.8. The number of rotatable bonds is 6. The van der Waals surface area contributed by atoms with E-state index in [1.54, 1.807) is 24.5 Å². The van der Waals surface area contributed by atoms with Crippen molar-refractivity contribution in [2.45, 2.75) is 12.8 Å². The van der Waals surface area contributed by atoms with Gasteiger partial charge in [0.25, 0.3) is 11.1 Å². The first-order valence-corrected chi connectivity index (χ1v) is 17.6. The SMILES string of the molecule is CN1CCCN(c2cncc(-c3cccc(/C=C4\SC(=O)NC4=O)c3)n2)CC1.CN1CCCN(c2cncc(-c3cccc(C=O)c3)n2)CC1. The van der Waals surface area contributed by atoms with Crippen LogP contribution >= 0.6 is 11.8 Å². The van der Waals surface area contributed by atoms with Crippen molar-refractivity contribution in [3.63, 3.8) is 0 Å². The lowest BCUT2D eigenvalue weighted by Crippen LogP contribution is -2.29. The van der Waals surface area contributed by atoms with E-state index in [2.05, 4.69) is 49.0 Å². The molecule has 4 aromatic rings. The summed E-state index contributed by atoms with van der Waals surface area (Å²) >= 11 is 0.916. The fraction of sp³-hybridized carbons (Fsp3) is 0.324. The van der Waals surface area contributed by atoms with Crippen LogP contribution in [-0.4, -0.2) is 114 Å². The van der Waals surface area contributed by atoms with E-state index in [1.807, 2.05) is 54.9 Å². The number of anilines is 2. The average Bonchev–Trinajstić information content (AvgIpc) is 3.30. The summed E-state index contributed by atoms with van der Waals surface area (Å²) < 4.78 is 0. The van der Waals surface area contributed by atoms with Gasteiger partial charge in [0.05, 0.1) is 41.1 Å². The highest BCUT2D eigenvalue weighted by atomic mass is 32.2. The molecule has 3 aliphatic rings. The van der Waals surface area contributed by atoms with Gasteiger partial charge in [0.1, 0.15) is 17.9 Å². The molecule has 0 bridgehead atoms. The van der Waals surface area contributed by atoms with Crippen molar-refractivity contribution in [1.82, 2.24) is 35.1 Å². The van der Waals surface area contributed by atoms with Crippen LogP contribution in [0.25, 0.3) is 28.6 Å². The molecule has 0 atom stereocenters. The highest BCUT2D eigenvalue weighted by Gasteiger charge is 2.25. The van der Waals surface area contributed by atoms with E-state index >= 15 is 0 Å². The Kier molecular flexibility index (Phi) is 11.6. The predicted molar refractivity (Wildman–Crippen MR) is 198 cm³/mol. The molecule has 3 aliphatic heterocycles. The van der Waals surface area contributed by atoms with Crippen molar-refractivity contribution in [3.8, 4) is 22.5 Å². The second-order valence-corrected chi connectivity index (χ2v) is 13.5. The van der Waals surface area contributed by atoms with Crippen molar-refractivity contribution in [2.24, 2.45) is 0 Å². The molecule has 50 heavy (non-hydrogen) atoms. The zero-order valence-electron chi connectivity index (χ0n) is 28.4. The third kappa shape index (κ3) is 9.17.